The first kappa shape index (κ1) is 23.0. The summed E-state index contributed by atoms with van der Waals surface area (Å²) in [5, 5.41) is 22.4. The van der Waals surface area contributed by atoms with E-state index < -0.39 is 5.41 Å². The average molecular weight is 471 g/mol. The first-order valence-electron chi connectivity index (χ1n) is 10.6. The zero-order valence-corrected chi connectivity index (χ0v) is 19.7. The van der Waals surface area contributed by atoms with Crippen LogP contribution in [0.3, 0.4) is 0 Å². The smallest absolute Gasteiger partial charge is 0.263 e. The van der Waals surface area contributed by atoms with Gasteiger partial charge in [0.15, 0.2) is 0 Å². The van der Waals surface area contributed by atoms with Gasteiger partial charge in [0.05, 0.1) is 28.0 Å². The second-order valence-corrected chi connectivity index (χ2v) is 8.99. The van der Waals surface area contributed by atoms with Gasteiger partial charge in [-0.05, 0) is 68.3 Å². The molecule has 8 heteroatoms. The maximum atomic E-state index is 13.8. The van der Waals surface area contributed by atoms with E-state index in [4.69, 9.17) is 22.7 Å². The van der Waals surface area contributed by atoms with Gasteiger partial charge >= 0.3 is 0 Å². The van der Waals surface area contributed by atoms with Crippen LogP contribution < -0.4 is 27.2 Å². The number of pyridine rings is 2. The monoisotopic (exact) mass is 470 g/mol. The lowest BCUT2D eigenvalue weighted by molar-refractivity contribution is 0.686. The topological polar surface area (TPSA) is 121 Å². The maximum absolute atomic E-state index is 13.8. The minimum Gasteiger partial charge on any atom is -0.384 e. The first-order chi connectivity index (χ1) is 16.1. The molecule has 0 radical (unpaired) electrons. The molecule has 0 saturated carbocycles. The standard InChI is InChI=1S/C26H23ClN6O/c1-15(4-11-22(29)30)19-12-16-13-31-20-9-10-21(27)32-23(20)24(16)33(25(19)34)18-7-5-17(6-8-18)26(2,3)14-28/h4-13,32H,1-3H3,(H3,29,30). The largest absolute Gasteiger partial charge is 0.384 e. The number of allylic oxidation sites excluding steroid dienone is 2. The van der Waals surface area contributed by atoms with Crippen molar-refractivity contribution in [3.05, 3.63) is 86.4 Å². The van der Waals surface area contributed by atoms with Crippen LogP contribution in [0.25, 0.3) is 28.2 Å². The Balaban J connectivity index is 2.11. The van der Waals surface area contributed by atoms with Crippen LogP contribution in [0.2, 0.25) is 0 Å². The minimum atomic E-state index is -0.660. The van der Waals surface area contributed by atoms with E-state index in [1.807, 2.05) is 38.1 Å². The predicted octanol–water partition coefficient (Wildman–Crippen LogP) is 3.14. The molecule has 0 atom stereocenters. The van der Waals surface area contributed by atoms with Crippen molar-refractivity contribution in [2.24, 2.45) is 5.73 Å². The van der Waals surface area contributed by atoms with Crippen molar-refractivity contribution >= 4 is 45.7 Å². The first-order valence-corrected chi connectivity index (χ1v) is 10.9. The van der Waals surface area contributed by atoms with Gasteiger partial charge in [-0.1, -0.05) is 29.8 Å². The highest BCUT2D eigenvalue weighted by Gasteiger charge is 2.21. The van der Waals surface area contributed by atoms with Crippen molar-refractivity contribution in [3.8, 4) is 11.8 Å². The van der Waals surface area contributed by atoms with E-state index in [0.717, 1.165) is 10.9 Å². The molecule has 170 valence electrons. The number of fused-ring (bicyclic) bond motifs is 3. The van der Waals surface area contributed by atoms with Crippen LogP contribution in [-0.4, -0.2) is 15.4 Å². The van der Waals surface area contributed by atoms with Gasteiger partial charge in [-0.3, -0.25) is 19.8 Å². The number of amidine groups is 1. The van der Waals surface area contributed by atoms with Crippen molar-refractivity contribution in [2.75, 3.05) is 5.32 Å². The molecule has 0 spiro atoms. The zero-order chi connectivity index (χ0) is 24.6. The number of anilines is 1. The summed E-state index contributed by atoms with van der Waals surface area (Å²) in [6.07, 6.45) is 8.30. The highest BCUT2D eigenvalue weighted by molar-refractivity contribution is 6.31. The highest BCUT2D eigenvalue weighted by atomic mass is 35.5. The van der Waals surface area contributed by atoms with Crippen molar-refractivity contribution in [2.45, 2.75) is 26.2 Å². The molecule has 1 aliphatic heterocycles. The fourth-order valence-corrected chi connectivity index (χ4v) is 3.96. The maximum Gasteiger partial charge on any atom is 0.263 e. The van der Waals surface area contributed by atoms with Gasteiger partial charge < -0.3 is 11.1 Å². The molecule has 1 aliphatic rings. The number of nitrogens with one attached hydrogen (secondary N) is 2. The summed E-state index contributed by atoms with van der Waals surface area (Å²) in [4.78, 5) is 18.4. The lowest BCUT2D eigenvalue weighted by Crippen LogP contribution is -2.36. The summed E-state index contributed by atoms with van der Waals surface area (Å²) in [5.41, 5.74) is 7.97. The molecule has 1 aromatic carbocycles. The number of aromatic nitrogens is 2. The van der Waals surface area contributed by atoms with E-state index in [9.17, 15) is 10.1 Å². The van der Waals surface area contributed by atoms with Crippen LogP contribution in [0.15, 0.2) is 64.7 Å². The lowest BCUT2D eigenvalue weighted by Gasteiger charge is -2.19. The van der Waals surface area contributed by atoms with Gasteiger partial charge in [0.2, 0.25) is 0 Å². The molecule has 3 heterocycles. The van der Waals surface area contributed by atoms with Crippen LogP contribution in [0, 0.1) is 16.7 Å². The zero-order valence-electron chi connectivity index (χ0n) is 19.0. The van der Waals surface area contributed by atoms with Gasteiger partial charge in [0.25, 0.3) is 5.56 Å². The molecule has 0 unspecified atom stereocenters. The fourth-order valence-electron chi connectivity index (χ4n) is 3.80. The summed E-state index contributed by atoms with van der Waals surface area (Å²) in [7, 11) is 0. The number of halogens is 1. The van der Waals surface area contributed by atoms with E-state index in [1.165, 1.54) is 6.08 Å². The van der Waals surface area contributed by atoms with E-state index in [-0.39, 0.29) is 11.4 Å². The minimum absolute atomic E-state index is 0.104. The molecular weight excluding hydrogens is 448 g/mol. The summed E-state index contributed by atoms with van der Waals surface area (Å²) >= 11 is 6.25. The molecule has 7 nitrogen and oxygen atoms in total. The Bertz CT molecular complexity index is 1620. The third-order valence-corrected chi connectivity index (χ3v) is 5.98. The second kappa shape index (κ2) is 8.65. The molecular formula is C26H23ClN6O. The molecule has 0 amide bonds. The Labute approximate surface area is 201 Å². The highest BCUT2D eigenvalue weighted by Crippen LogP contribution is 2.26. The van der Waals surface area contributed by atoms with E-state index in [2.05, 4.69) is 16.4 Å². The molecule has 4 rings (SSSR count). The molecule has 0 saturated heterocycles. The molecule has 4 N–H and O–H groups in total. The normalized spacial score (nSPS) is 14.0. The van der Waals surface area contributed by atoms with E-state index in [0.29, 0.717) is 38.2 Å². The third kappa shape index (κ3) is 4.12. The second-order valence-electron chi connectivity index (χ2n) is 8.58. The molecule has 34 heavy (non-hydrogen) atoms. The number of rotatable bonds is 4. The quantitative estimate of drug-likeness (QED) is 0.307. The molecule has 0 fully saturated rings. The van der Waals surface area contributed by atoms with Crippen LogP contribution in [0.1, 0.15) is 26.3 Å². The Morgan fingerprint density at radius 2 is 1.97 bits per heavy atom. The van der Waals surface area contributed by atoms with Gasteiger partial charge in [0, 0.05) is 22.5 Å². The fraction of sp³-hybridized carbons (Fsp3) is 0.154. The molecule has 3 aromatic rings. The van der Waals surface area contributed by atoms with Crippen LogP contribution in [0.5, 0.6) is 0 Å². The predicted molar refractivity (Wildman–Crippen MR) is 137 cm³/mol. The Kier molecular flexibility index (Phi) is 5.86. The van der Waals surface area contributed by atoms with E-state index in [1.54, 1.807) is 42.0 Å². The van der Waals surface area contributed by atoms with Crippen LogP contribution in [0.4, 0.5) is 5.69 Å². The van der Waals surface area contributed by atoms with Gasteiger partial charge in [0.1, 0.15) is 11.0 Å². The van der Waals surface area contributed by atoms with Crippen molar-refractivity contribution in [1.82, 2.24) is 9.55 Å². The van der Waals surface area contributed by atoms with Crippen LogP contribution >= 0.6 is 11.6 Å². The van der Waals surface area contributed by atoms with Crippen molar-refractivity contribution in [1.29, 1.82) is 10.7 Å². The Morgan fingerprint density at radius 1 is 1.26 bits per heavy atom. The third-order valence-electron chi connectivity index (χ3n) is 5.76. The SMILES string of the molecule is CC(C=CC(=N)N)=c1cc2cnc3c(c2n(-c2ccc(C(C)(C)C#N)cc2)c1=O)NC(Cl)=CC=3. The van der Waals surface area contributed by atoms with Crippen molar-refractivity contribution in [3.63, 3.8) is 0 Å². The van der Waals surface area contributed by atoms with Gasteiger partial charge in [-0.15, -0.1) is 0 Å². The summed E-state index contributed by atoms with van der Waals surface area (Å²) in [6, 6.07) is 11.5. The Morgan fingerprint density at radius 3 is 2.62 bits per heavy atom. The number of benzene rings is 1. The molecule has 0 aliphatic carbocycles. The average Bonchev–Trinajstić information content (AvgIpc) is 2.82. The number of hydrogen-bond donors (Lipinski definition) is 3. The summed E-state index contributed by atoms with van der Waals surface area (Å²) in [5.74, 6) is -0.104. The number of nitriles is 1. The lowest BCUT2D eigenvalue weighted by atomic mass is 9.86. The molecule has 0 bridgehead atoms. The van der Waals surface area contributed by atoms with Gasteiger partial charge in [-0.25, -0.2) is 0 Å². The number of nitrogens with zero attached hydrogens (tertiary/aromatic N) is 3. The van der Waals surface area contributed by atoms with E-state index >= 15 is 0 Å². The summed E-state index contributed by atoms with van der Waals surface area (Å²) < 4.78 is 1.62. The number of nitrogens with two attached hydrogens (primary N) is 1. The Hall–Kier alpha value is -4.15. The number of hydrogen-bond acceptors (Lipinski definition) is 5. The van der Waals surface area contributed by atoms with Gasteiger partial charge in [-0.2, -0.15) is 5.26 Å². The molecule has 2 aromatic heterocycles. The van der Waals surface area contributed by atoms with Crippen molar-refractivity contribution < 1.29 is 0 Å². The summed E-state index contributed by atoms with van der Waals surface area (Å²) in [6.45, 7) is 5.49. The van der Waals surface area contributed by atoms with Crippen LogP contribution in [-0.2, 0) is 5.41 Å².